The van der Waals surface area contributed by atoms with Crippen LogP contribution in [0, 0.1) is 0 Å². The van der Waals surface area contributed by atoms with Gasteiger partial charge < -0.3 is 5.32 Å². The lowest BCUT2D eigenvalue weighted by Gasteiger charge is -2.03. The van der Waals surface area contributed by atoms with Gasteiger partial charge in [-0.15, -0.1) is 5.10 Å². The largest absolute Gasteiger partial charge is 0.362 e. The van der Waals surface area contributed by atoms with Gasteiger partial charge in [-0.3, -0.25) is 5.10 Å². The summed E-state index contributed by atoms with van der Waals surface area (Å²) < 4.78 is 1.77. The fraction of sp³-hybridized carbons (Fsp3) is 0.429. The zero-order valence-electron chi connectivity index (χ0n) is 7.80. The van der Waals surface area contributed by atoms with E-state index < -0.39 is 0 Å². The van der Waals surface area contributed by atoms with Crippen LogP contribution in [0.2, 0.25) is 0 Å². The Morgan fingerprint density at radius 3 is 3.21 bits per heavy atom. The van der Waals surface area contributed by atoms with Crippen LogP contribution in [-0.2, 0) is 13.1 Å². The molecule has 0 amide bonds. The lowest BCUT2D eigenvalue weighted by Crippen LogP contribution is -2.07. The number of nitrogens with one attached hydrogen (secondary N) is 2. The number of rotatable bonds is 4. The Bertz CT molecular complexity index is 376. The first-order valence-corrected chi connectivity index (χ1v) is 4.36. The van der Waals surface area contributed by atoms with E-state index in [1.807, 2.05) is 6.92 Å². The van der Waals surface area contributed by atoms with Crippen LogP contribution in [0.4, 0.5) is 5.82 Å². The summed E-state index contributed by atoms with van der Waals surface area (Å²) in [6, 6.07) is 0. The summed E-state index contributed by atoms with van der Waals surface area (Å²) in [6.07, 6.45) is 3.16. The third-order valence-corrected chi connectivity index (χ3v) is 1.82. The predicted octanol–water partition coefficient (Wildman–Crippen LogP) is 0.0282. The summed E-state index contributed by atoms with van der Waals surface area (Å²) in [5.41, 5.74) is 0. The van der Waals surface area contributed by atoms with E-state index in [0.29, 0.717) is 6.54 Å². The van der Waals surface area contributed by atoms with Gasteiger partial charge in [0.25, 0.3) is 0 Å². The van der Waals surface area contributed by atoms with Gasteiger partial charge in [-0.05, 0) is 6.92 Å². The van der Waals surface area contributed by atoms with Gasteiger partial charge in [-0.25, -0.2) is 9.67 Å². The molecule has 0 aliphatic rings. The Labute approximate surface area is 80.5 Å². The number of aromatic amines is 1. The van der Waals surface area contributed by atoms with Gasteiger partial charge in [-0.1, -0.05) is 5.21 Å². The number of nitrogens with zero attached hydrogens (tertiary/aromatic N) is 5. The molecule has 7 heteroatoms. The van der Waals surface area contributed by atoms with Gasteiger partial charge in [0, 0.05) is 6.54 Å². The van der Waals surface area contributed by atoms with E-state index in [0.717, 1.165) is 18.2 Å². The fourth-order valence-corrected chi connectivity index (χ4v) is 1.12. The Morgan fingerprint density at radius 2 is 2.50 bits per heavy atom. The summed E-state index contributed by atoms with van der Waals surface area (Å²) in [5, 5.41) is 17.4. The Balaban J connectivity index is 1.98. The van der Waals surface area contributed by atoms with Crippen LogP contribution < -0.4 is 5.32 Å². The number of aromatic nitrogens is 6. The molecule has 0 radical (unpaired) electrons. The number of aryl methyl sites for hydroxylation is 1. The number of hydrogen-bond donors (Lipinski definition) is 2. The molecule has 2 aromatic rings. The number of H-pyrrole nitrogens is 1. The Kier molecular flexibility index (Phi) is 2.39. The molecule has 0 bridgehead atoms. The van der Waals surface area contributed by atoms with E-state index in [-0.39, 0.29) is 0 Å². The molecule has 7 nitrogen and oxygen atoms in total. The Morgan fingerprint density at radius 1 is 1.57 bits per heavy atom. The maximum Gasteiger partial charge on any atom is 0.145 e. The van der Waals surface area contributed by atoms with Crippen LogP contribution in [0.1, 0.15) is 12.7 Å². The van der Waals surface area contributed by atoms with Crippen molar-refractivity contribution in [3.05, 3.63) is 18.3 Å². The zero-order chi connectivity index (χ0) is 9.80. The highest BCUT2D eigenvalue weighted by molar-refractivity contribution is 5.30. The second kappa shape index (κ2) is 3.86. The van der Waals surface area contributed by atoms with Gasteiger partial charge in [0.15, 0.2) is 0 Å². The molecular weight excluding hydrogens is 182 g/mol. The van der Waals surface area contributed by atoms with Crippen molar-refractivity contribution in [3.8, 4) is 0 Å². The van der Waals surface area contributed by atoms with Gasteiger partial charge in [0.1, 0.15) is 18.0 Å². The molecule has 2 aromatic heterocycles. The molecule has 2 rings (SSSR count). The summed E-state index contributed by atoms with van der Waals surface area (Å²) in [5.74, 6) is 1.66. The highest BCUT2D eigenvalue weighted by atomic mass is 15.4. The molecular formula is C7H11N7. The molecule has 0 saturated carbocycles. The van der Waals surface area contributed by atoms with E-state index in [1.54, 1.807) is 10.9 Å². The van der Waals surface area contributed by atoms with E-state index in [4.69, 9.17) is 0 Å². The smallest absolute Gasteiger partial charge is 0.145 e. The molecule has 0 fully saturated rings. The summed E-state index contributed by atoms with van der Waals surface area (Å²) in [4.78, 5) is 3.99. The van der Waals surface area contributed by atoms with Crippen molar-refractivity contribution in [2.75, 3.05) is 5.32 Å². The van der Waals surface area contributed by atoms with Crippen molar-refractivity contribution in [3.63, 3.8) is 0 Å². The van der Waals surface area contributed by atoms with Crippen LogP contribution in [0.5, 0.6) is 0 Å². The number of hydrogen-bond acceptors (Lipinski definition) is 5. The van der Waals surface area contributed by atoms with Crippen LogP contribution in [0.3, 0.4) is 0 Å². The average Bonchev–Trinajstić information content (AvgIpc) is 2.85. The predicted molar refractivity (Wildman–Crippen MR) is 49.4 cm³/mol. The lowest BCUT2D eigenvalue weighted by atomic mass is 10.5. The second-order valence-electron chi connectivity index (χ2n) is 2.72. The first kappa shape index (κ1) is 8.67. The highest BCUT2D eigenvalue weighted by Gasteiger charge is 2.01. The lowest BCUT2D eigenvalue weighted by molar-refractivity contribution is 0.630. The molecule has 0 atom stereocenters. The van der Waals surface area contributed by atoms with Crippen LogP contribution in [0.15, 0.2) is 12.5 Å². The van der Waals surface area contributed by atoms with E-state index in [2.05, 4.69) is 30.8 Å². The molecule has 0 aliphatic carbocycles. The topological polar surface area (TPSA) is 84.3 Å². The Hall–Kier alpha value is -1.92. The monoisotopic (exact) mass is 193 g/mol. The molecule has 0 aromatic carbocycles. The first-order valence-electron chi connectivity index (χ1n) is 4.36. The minimum absolute atomic E-state index is 0.591. The van der Waals surface area contributed by atoms with Crippen molar-refractivity contribution >= 4 is 5.82 Å². The standard InChI is InChI=1S/C7H11N7/c1-2-14-7(4-10-13-14)8-3-6-9-5-11-12-6/h4-5,8H,2-3H2,1H3,(H,9,11,12). The molecule has 0 unspecified atom stereocenters. The van der Waals surface area contributed by atoms with Crippen molar-refractivity contribution in [1.82, 2.24) is 30.2 Å². The van der Waals surface area contributed by atoms with Gasteiger partial charge in [0.2, 0.25) is 0 Å². The van der Waals surface area contributed by atoms with E-state index in [1.165, 1.54) is 6.33 Å². The van der Waals surface area contributed by atoms with E-state index in [9.17, 15) is 0 Å². The highest BCUT2D eigenvalue weighted by Crippen LogP contribution is 2.04. The molecule has 74 valence electrons. The normalized spacial score (nSPS) is 10.4. The maximum absolute atomic E-state index is 3.99. The molecule has 0 saturated heterocycles. The van der Waals surface area contributed by atoms with E-state index >= 15 is 0 Å². The van der Waals surface area contributed by atoms with Crippen LogP contribution >= 0.6 is 0 Å². The summed E-state index contributed by atoms with van der Waals surface area (Å²) in [6.45, 7) is 3.39. The van der Waals surface area contributed by atoms with Crippen LogP contribution in [-0.4, -0.2) is 30.2 Å². The molecule has 2 N–H and O–H groups in total. The summed E-state index contributed by atoms with van der Waals surface area (Å²) in [7, 11) is 0. The minimum atomic E-state index is 0.591. The zero-order valence-corrected chi connectivity index (χ0v) is 7.80. The molecule has 0 aliphatic heterocycles. The van der Waals surface area contributed by atoms with Crippen molar-refractivity contribution in [2.24, 2.45) is 0 Å². The fourth-order valence-electron chi connectivity index (χ4n) is 1.12. The molecule has 14 heavy (non-hydrogen) atoms. The maximum atomic E-state index is 3.99. The van der Waals surface area contributed by atoms with Gasteiger partial charge in [-0.2, -0.15) is 5.10 Å². The van der Waals surface area contributed by atoms with Crippen molar-refractivity contribution in [2.45, 2.75) is 20.0 Å². The number of anilines is 1. The second-order valence-corrected chi connectivity index (χ2v) is 2.72. The first-order chi connectivity index (χ1) is 6.90. The molecule has 2 heterocycles. The van der Waals surface area contributed by atoms with Crippen molar-refractivity contribution in [1.29, 1.82) is 0 Å². The quantitative estimate of drug-likeness (QED) is 0.715. The third-order valence-electron chi connectivity index (χ3n) is 1.82. The third kappa shape index (κ3) is 1.70. The average molecular weight is 193 g/mol. The van der Waals surface area contributed by atoms with Gasteiger partial charge in [0.05, 0.1) is 12.7 Å². The SMILES string of the molecule is CCn1nncc1NCc1ncn[nH]1. The van der Waals surface area contributed by atoms with Crippen molar-refractivity contribution < 1.29 is 0 Å². The van der Waals surface area contributed by atoms with Gasteiger partial charge >= 0.3 is 0 Å². The van der Waals surface area contributed by atoms with Crippen LogP contribution in [0.25, 0.3) is 0 Å². The molecule has 0 spiro atoms. The summed E-state index contributed by atoms with van der Waals surface area (Å²) >= 11 is 0. The minimum Gasteiger partial charge on any atom is -0.362 e.